The van der Waals surface area contributed by atoms with Crippen LogP contribution in [0.15, 0.2) is 48.2 Å². The fourth-order valence-electron chi connectivity index (χ4n) is 2.68. The topological polar surface area (TPSA) is 12.0 Å². The molecule has 0 unspecified atom stereocenters. The second-order valence-corrected chi connectivity index (χ2v) is 5.29. The summed E-state index contributed by atoms with van der Waals surface area (Å²) in [5.41, 5.74) is 1.25. The Morgan fingerprint density at radius 1 is 0.722 bits per heavy atom. The molecule has 2 aliphatic carbocycles. The molecule has 1 saturated carbocycles. The van der Waals surface area contributed by atoms with Gasteiger partial charge in [0, 0.05) is 11.7 Å². The number of hydrogen-bond acceptors (Lipinski definition) is 1. The lowest BCUT2D eigenvalue weighted by atomic mass is 10.0. The Morgan fingerprint density at radius 2 is 1.33 bits per heavy atom. The zero-order chi connectivity index (χ0) is 12.5. The molecule has 1 nitrogen and oxygen atoms in total. The maximum Gasteiger partial charge on any atom is 0.0342 e. The summed E-state index contributed by atoms with van der Waals surface area (Å²) in [6.07, 6.45) is 25.9. The van der Waals surface area contributed by atoms with Gasteiger partial charge in [0.1, 0.15) is 0 Å². The van der Waals surface area contributed by atoms with Crippen molar-refractivity contribution in [2.75, 3.05) is 0 Å². The van der Waals surface area contributed by atoms with E-state index in [1.165, 1.54) is 57.1 Å². The van der Waals surface area contributed by atoms with Gasteiger partial charge in [0.15, 0.2) is 0 Å². The van der Waals surface area contributed by atoms with Crippen LogP contribution in [0.3, 0.4) is 0 Å². The number of rotatable bonds is 2. The summed E-state index contributed by atoms with van der Waals surface area (Å²) in [4.78, 5) is 0. The van der Waals surface area contributed by atoms with Crippen LogP contribution in [0, 0.1) is 0 Å². The van der Waals surface area contributed by atoms with Crippen molar-refractivity contribution >= 4 is 0 Å². The van der Waals surface area contributed by atoms with Crippen LogP contribution < -0.4 is 5.32 Å². The molecule has 2 rings (SSSR count). The molecule has 1 fully saturated rings. The Labute approximate surface area is 111 Å². The van der Waals surface area contributed by atoms with E-state index in [0.717, 1.165) is 0 Å². The maximum atomic E-state index is 3.71. The Morgan fingerprint density at radius 3 is 2.11 bits per heavy atom. The average molecular weight is 243 g/mol. The third-order valence-electron chi connectivity index (χ3n) is 3.72. The zero-order valence-electron chi connectivity index (χ0n) is 11.3. The monoisotopic (exact) mass is 243 g/mol. The largest absolute Gasteiger partial charge is 0.382 e. The number of allylic oxidation sites excluding steroid dienone is 7. The summed E-state index contributed by atoms with van der Waals surface area (Å²) in [6.45, 7) is 0. The van der Waals surface area contributed by atoms with Crippen molar-refractivity contribution in [1.29, 1.82) is 0 Å². The standard InChI is InChI=1S/C17H25N/c1-2-5-9-13-16(12-8-4-1)18-17-14-10-6-3-7-11-15-17/h3,6-7,10-11,14-16,18H,1-2,4-5,8-9,12-13H2/b6-3?,7-3?,10-6?,11-7?,14-10-,15-11?,17-14?,17-15+. The highest BCUT2D eigenvalue weighted by molar-refractivity contribution is 5.30. The van der Waals surface area contributed by atoms with Gasteiger partial charge in [-0.1, -0.05) is 68.9 Å². The molecule has 0 radical (unpaired) electrons. The molecule has 0 atom stereocenters. The quantitative estimate of drug-likeness (QED) is 0.744. The summed E-state index contributed by atoms with van der Waals surface area (Å²) in [5, 5.41) is 3.71. The molecule has 18 heavy (non-hydrogen) atoms. The highest BCUT2D eigenvalue weighted by atomic mass is 14.9. The first-order chi connectivity index (χ1) is 8.95. The molecule has 0 saturated heterocycles. The van der Waals surface area contributed by atoms with Crippen molar-refractivity contribution in [3.8, 4) is 0 Å². The third kappa shape index (κ3) is 4.95. The summed E-state index contributed by atoms with van der Waals surface area (Å²) in [6, 6.07) is 0.663. The van der Waals surface area contributed by atoms with Crippen LogP contribution in [0.4, 0.5) is 0 Å². The fourth-order valence-corrected chi connectivity index (χ4v) is 2.68. The predicted octanol–water partition coefficient (Wildman–Crippen LogP) is 4.65. The van der Waals surface area contributed by atoms with E-state index in [2.05, 4.69) is 47.8 Å². The lowest BCUT2D eigenvalue weighted by Gasteiger charge is -2.20. The van der Waals surface area contributed by atoms with Gasteiger partial charge in [-0.3, -0.25) is 0 Å². The minimum Gasteiger partial charge on any atom is -0.382 e. The highest BCUT2D eigenvalue weighted by Crippen LogP contribution is 2.18. The van der Waals surface area contributed by atoms with Gasteiger partial charge in [0.25, 0.3) is 0 Å². The minimum absolute atomic E-state index is 0.663. The molecule has 0 spiro atoms. The molecule has 0 aliphatic heterocycles. The molecule has 2 aliphatic rings. The summed E-state index contributed by atoms with van der Waals surface area (Å²) >= 11 is 0. The Kier molecular flexibility index (Phi) is 5.84. The van der Waals surface area contributed by atoms with Gasteiger partial charge in [-0.05, 0) is 25.0 Å². The maximum absolute atomic E-state index is 3.71. The summed E-state index contributed by atoms with van der Waals surface area (Å²) in [7, 11) is 0. The van der Waals surface area contributed by atoms with Crippen molar-refractivity contribution in [2.45, 2.75) is 57.4 Å². The van der Waals surface area contributed by atoms with Gasteiger partial charge >= 0.3 is 0 Å². The van der Waals surface area contributed by atoms with E-state index < -0.39 is 0 Å². The SMILES string of the molecule is C1=C/C=C\C(NC2CCCCCCCC2)=C/C=C1. The molecule has 0 bridgehead atoms. The molecular weight excluding hydrogens is 218 g/mol. The number of hydrogen-bond donors (Lipinski definition) is 1. The first-order valence-electron chi connectivity index (χ1n) is 7.43. The van der Waals surface area contributed by atoms with Crippen molar-refractivity contribution < 1.29 is 0 Å². The molecule has 1 N–H and O–H groups in total. The smallest absolute Gasteiger partial charge is 0.0342 e. The van der Waals surface area contributed by atoms with E-state index in [9.17, 15) is 0 Å². The van der Waals surface area contributed by atoms with Gasteiger partial charge in [0.2, 0.25) is 0 Å². The second-order valence-electron chi connectivity index (χ2n) is 5.29. The van der Waals surface area contributed by atoms with Crippen molar-refractivity contribution in [1.82, 2.24) is 5.32 Å². The molecule has 0 aromatic rings. The lowest BCUT2D eigenvalue weighted by molar-refractivity contribution is 0.472. The van der Waals surface area contributed by atoms with Gasteiger partial charge < -0.3 is 5.32 Å². The van der Waals surface area contributed by atoms with Crippen molar-refractivity contribution in [3.63, 3.8) is 0 Å². The minimum atomic E-state index is 0.663. The zero-order valence-corrected chi connectivity index (χ0v) is 11.3. The Bertz CT molecular complexity index is 337. The van der Waals surface area contributed by atoms with E-state index in [-0.39, 0.29) is 0 Å². The average Bonchev–Trinajstić information content (AvgIpc) is 2.46. The summed E-state index contributed by atoms with van der Waals surface area (Å²) < 4.78 is 0. The van der Waals surface area contributed by atoms with Crippen LogP contribution in [-0.2, 0) is 0 Å². The Hall–Kier alpha value is -1.24. The fraction of sp³-hybridized carbons (Fsp3) is 0.529. The van der Waals surface area contributed by atoms with Crippen LogP contribution in [0.1, 0.15) is 51.4 Å². The summed E-state index contributed by atoms with van der Waals surface area (Å²) in [5.74, 6) is 0. The highest BCUT2D eigenvalue weighted by Gasteiger charge is 2.10. The van der Waals surface area contributed by atoms with Gasteiger partial charge in [-0.25, -0.2) is 0 Å². The van der Waals surface area contributed by atoms with Crippen LogP contribution in [0.25, 0.3) is 0 Å². The van der Waals surface area contributed by atoms with E-state index >= 15 is 0 Å². The van der Waals surface area contributed by atoms with Crippen molar-refractivity contribution in [3.05, 3.63) is 48.2 Å². The second kappa shape index (κ2) is 7.97. The van der Waals surface area contributed by atoms with E-state index in [1.54, 1.807) is 0 Å². The van der Waals surface area contributed by atoms with Gasteiger partial charge in [-0.15, -0.1) is 0 Å². The van der Waals surface area contributed by atoms with E-state index in [0.29, 0.717) is 6.04 Å². The van der Waals surface area contributed by atoms with Crippen LogP contribution in [0.2, 0.25) is 0 Å². The van der Waals surface area contributed by atoms with E-state index in [1.807, 2.05) is 0 Å². The van der Waals surface area contributed by atoms with Gasteiger partial charge in [-0.2, -0.15) is 0 Å². The molecule has 0 amide bonds. The lowest BCUT2D eigenvalue weighted by Crippen LogP contribution is -2.27. The first-order valence-corrected chi connectivity index (χ1v) is 7.43. The predicted molar refractivity (Wildman–Crippen MR) is 79.4 cm³/mol. The molecular formula is C17H25N. The molecule has 0 aromatic heterocycles. The van der Waals surface area contributed by atoms with Gasteiger partial charge in [0.05, 0.1) is 0 Å². The molecule has 98 valence electrons. The van der Waals surface area contributed by atoms with Crippen LogP contribution in [-0.4, -0.2) is 6.04 Å². The molecule has 0 aromatic carbocycles. The van der Waals surface area contributed by atoms with Crippen LogP contribution >= 0.6 is 0 Å². The van der Waals surface area contributed by atoms with E-state index in [4.69, 9.17) is 0 Å². The third-order valence-corrected chi connectivity index (χ3v) is 3.72. The molecule has 1 heteroatoms. The van der Waals surface area contributed by atoms with Crippen molar-refractivity contribution in [2.24, 2.45) is 0 Å². The first kappa shape index (κ1) is 13.2. The molecule has 0 heterocycles. The normalized spacial score (nSPS) is 27.0. The number of nitrogens with one attached hydrogen (secondary N) is 1. The Balaban J connectivity index is 1.89. The van der Waals surface area contributed by atoms with Crippen LogP contribution in [0.5, 0.6) is 0 Å².